The molecular formula is C17H26N2O2. The predicted octanol–water partition coefficient (Wildman–Crippen LogP) is 2.02. The largest absolute Gasteiger partial charge is 0.366 e. The molecule has 1 aliphatic heterocycles. The molecule has 1 aromatic rings. The molecule has 0 spiro atoms. The third-order valence-corrected chi connectivity index (χ3v) is 4.18. The van der Waals surface area contributed by atoms with Gasteiger partial charge in [-0.05, 0) is 18.5 Å². The molecule has 116 valence electrons. The second-order valence-electron chi connectivity index (χ2n) is 5.51. The average Bonchev–Trinajstić information content (AvgIpc) is 2.56. The lowest BCUT2D eigenvalue weighted by Gasteiger charge is -2.31. The maximum atomic E-state index is 12.2. The van der Waals surface area contributed by atoms with Crippen LogP contribution in [0.5, 0.6) is 0 Å². The van der Waals surface area contributed by atoms with Gasteiger partial charge < -0.3 is 10.1 Å². The molecule has 1 heterocycles. The fourth-order valence-electron chi connectivity index (χ4n) is 2.71. The maximum Gasteiger partial charge on any atom is 0.250 e. The van der Waals surface area contributed by atoms with Gasteiger partial charge in [0.15, 0.2) is 0 Å². The van der Waals surface area contributed by atoms with Gasteiger partial charge in [-0.2, -0.15) is 0 Å². The van der Waals surface area contributed by atoms with Gasteiger partial charge in [0.25, 0.3) is 0 Å². The molecule has 1 N–H and O–H groups in total. The second kappa shape index (κ2) is 8.15. The summed E-state index contributed by atoms with van der Waals surface area (Å²) in [5.74, 6) is 0.378. The number of rotatable bonds is 6. The van der Waals surface area contributed by atoms with Gasteiger partial charge in [0, 0.05) is 25.6 Å². The van der Waals surface area contributed by atoms with E-state index in [0.29, 0.717) is 25.6 Å². The van der Waals surface area contributed by atoms with Gasteiger partial charge in [-0.25, -0.2) is 0 Å². The van der Waals surface area contributed by atoms with Crippen LogP contribution in [0.4, 0.5) is 0 Å². The molecule has 0 bridgehead atoms. The van der Waals surface area contributed by atoms with E-state index in [4.69, 9.17) is 4.74 Å². The van der Waals surface area contributed by atoms with E-state index in [1.807, 2.05) is 18.2 Å². The number of hydrogen-bond donors (Lipinski definition) is 1. The minimum absolute atomic E-state index is 0.0162. The molecule has 1 fully saturated rings. The van der Waals surface area contributed by atoms with Crippen LogP contribution in [0.3, 0.4) is 0 Å². The van der Waals surface area contributed by atoms with E-state index in [1.54, 1.807) is 0 Å². The highest BCUT2D eigenvalue weighted by molar-refractivity contribution is 5.81. The lowest BCUT2D eigenvalue weighted by molar-refractivity contribution is -0.138. The first kappa shape index (κ1) is 16.0. The molecule has 1 aromatic carbocycles. The average molecular weight is 290 g/mol. The van der Waals surface area contributed by atoms with Crippen molar-refractivity contribution in [3.05, 3.63) is 35.9 Å². The Balaban J connectivity index is 1.85. The van der Waals surface area contributed by atoms with Crippen LogP contribution in [-0.4, -0.2) is 49.7 Å². The molecule has 2 unspecified atom stereocenters. The van der Waals surface area contributed by atoms with Crippen LogP contribution in [0, 0.1) is 0 Å². The molecule has 21 heavy (non-hydrogen) atoms. The molecule has 1 saturated heterocycles. The Bertz CT molecular complexity index is 436. The van der Waals surface area contributed by atoms with Gasteiger partial charge in [0.2, 0.25) is 5.91 Å². The first-order valence-corrected chi connectivity index (χ1v) is 7.91. The Morgan fingerprint density at radius 2 is 2.14 bits per heavy atom. The molecule has 1 aliphatic rings. The number of carbonyl (C=O) groups excluding carboxylic acids is 1. The molecular weight excluding hydrogens is 264 g/mol. The molecule has 2 atom stereocenters. The van der Waals surface area contributed by atoms with Crippen LogP contribution in [0.2, 0.25) is 0 Å². The Morgan fingerprint density at radius 1 is 1.38 bits per heavy atom. The van der Waals surface area contributed by atoms with Gasteiger partial charge in [-0.1, -0.05) is 44.2 Å². The van der Waals surface area contributed by atoms with Gasteiger partial charge in [0.05, 0.1) is 6.61 Å². The van der Waals surface area contributed by atoms with E-state index in [1.165, 1.54) is 5.56 Å². The van der Waals surface area contributed by atoms with Crippen molar-refractivity contribution in [2.75, 3.05) is 32.8 Å². The van der Waals surface area contributed by atoms with Crippen molar-refractivity contribution in [2.45, 2.75) is 32.3 Å². The number of hydrogen-bond acceptors (Lipinski definition) is 3. The van der Waals surface area contributed by atoms with Crippen LogP contribution in [-0.2, 0) is 9.53 Å². The van der Waals surface area contributed by atoms with Crippen LogP contribution >= 0.6 is 0 Å². The van der Waals surface area contributed by atoms with E-state index in [9.17, 15) is 4.79 Å². The van der Waals surface area contributed by atoms with Gasteiger partial charge in [-0.15, -0.1) is 0 Å². The summed E-state index contributed by atoms with van der Waals surface area (Å²) in [6, 6.07) is 10.4. The van der Waals surface area contributed by atoms with Crippen molar-refractivity contribution in [1.82, 2.24) is 10.2 Å². The third-order valence-electron chi connectivity index (χ3n) is 4.18. The molecule has 2 rings (SSSR count). The quantitative estimate of drug-likeness (QED) is 0.871. The van der Waals surface area contributed by atoms with Crippen molar-refractivity contribution >= 4 is 5.91 Å². The van der Waals surface area contributed by atoms with E-state index in [0.717, 1.165) is 19.5 Å². The summed E-state index contributed by atoms with van der Waals surface area (Å²) < 4.78 is 5.59. The highest BCUT2D eigenvalue weighted by atomic mass is 16.5. The topological polar surface area (TPSA) is 41.6 Å². The summed E-state index contributed by atoms with van der Waals surface area (Å²) >= 11 is 0. The summed E-state index contributed by atoms with van der Waals surface area (Å²) in [5, 5.41) is 3.06. The smallest absolute Gasteiger partial charge is 0.250 e. The zero-order valence-corrected chi connectivity index (χ0v) is 13.0. The number of morpholine rings is 1. The highest BCUT2D eigenvalue weighted by Gasteiger charge is 2.26. The lowest BCUT2D eigenvalue weighted by Crippen LogP contribution is -2.50. The number of nitrogens with zero attached hydrogens (tertiary/aromatic N) is 1. The van der Waals surface area contributed by atoms with Crippen molar-refractivity contribution in [1.29, 1.82) is 0 Å². The summed E-state index contributed by atoms with van der Waals surface area (Å²) in [4.78, 5) is 14.5. The third kappa shape index (κ3) is 4.55. The first-order chi connectivity index (χ1) is 10.2. The predicted molar refractivity (Wildman–Crippen MR) is 84.3 cm³/mol. The van der Waals surface area contributed by atoms with Gasteiger partial charge in [-0.3, -0.25) is 9.69 Å². The molecule has 1 amide bonds. The lowest BCUT2D eigenvalue weighted by atomic mass is 9.96. The monoisotopic (exact) mass is 290 g/mol. The van der Waals surface area contributed by atoms with E-state index in [2.05, 4.69) is 36.2 Å². The number of amides is 1. The number of nitrogens with one attached hydrogen (secondary N) is 1. The fraction of sp³-hybridized carbons (Fsp3) is 0.588. The van der Waals surface area contributed by atoms with Crippen LogP contribution in [0.1, 0.15) is 31.7 Å². The second-order valence-corrected chi connectivity index (χ2v) is 5.51. The minimum Gasteiger partial charge on any atom is -0.366 e. The summed E-state index contributed by atoms with van der Waals surface area (Å²) in [6.07, 6.45) is 0.684. The van der Waals surface area contributed by atoms with Crippen LogP contribution in [0.25, 0.3) is 0 Å². The minimum atomic E-state index is -0.327. The standard InChI is InChI=1S/C17H26N2O2/c1-3-14(15-8-6-5-7-9-15)12-18-17(20)16-13-19(4-2)10-11-21-16/h5-9,14,16H,3-4,10-13H2,1-2H3,(H,18,20). The molecule has 0 aliphatic carbocycles. The Kier molecular flexibility index (Phi) is 6.21. The Labute approximate surface area is 127 Å². The molecule has 0 aromatic heterocycles. The normalized spacial score (nSPS) is 21.0. The van der Waals surface area contributed by atoms with Crippen molar-refractivity contribution < 1.29 is 9.53 Å². The summed E-state index contributed by atoms with van der Waals surface area (Å²) in [7, 11) is 0. The number of ether oxygens (including phenoxy) is 1. The number of benzene rings is 1. The highest BCUT2D eigenvalue weighted by Crippen LogP contribution is 2.18. The first-order valence-electron chi connectivity index (χ1n) is 7.91. The summed E-state index contributed by atoms with van der Waals surface area (Å²) in [6.45, 7) is 8.16. The van der Waals surface area contributed by atoms with Gasteiger partial charge in [0.1, 0.15) is 6.10 Å². The SMILES string of the molecule is CCC(CNC(=O)C1CN(CC)CCO1)c1ccccc1. The zero-order valence-electron chi connectivity index (χ0n) is 13.0. The Morgan fingerprint density at radius 3 is 2.81 bits per heavy atom. The zero-order chi connectivity index (χ0) is 15.1. The molecule has 4 nitrogen and oxygen atoms in total. The van der Waals surface area contributed by atoms with Crippen molar-refractivity contribution in [2.24, 2.45) is 0 Å². The number of carbonyl (C=O) groups is 1. The van der Waals surface area contributed by atoms with E-state index >= 15 is 0 Å². The summed E-state index contributed by atoms with van der Waals surface area (Å²) in [5.41, 5.74) is 1.28. The molecule has 0 saturated carbocycles. The van der Waals surface area contributed by atoms with E-state index in [-0.39, 0.29) is 12.0 Å². The van der Waals surface area contributed by atoms with Crippen LogP contribution in [0.15, 0.2) is 30.3 Å². The molecule has 4 heteroatoms. The molecule has 0 radical (unpaired) electrons. The maximum absolute atomic E-state index is 12.2. The van der Waals surface area contributed by atoms with Crippen molar-refractivity contribution in [3.63, 3.8) is 0 Å². The van der Waals surface area contributed by atoms with Crippen molar-refractivity contribution in [3.8, 4) is 0 Å². The van der Waals surface area contributed by atoms with Crippen LogP contribution < -0.4 is 5.32 Å². The van der Waals surface area contributed by atoms with Gasteiger partial charge >= 0.3 is 0 Å². The fourth-order valence-corrected chi connectivity index (χ4v) is 2.71. The van der Waals surface area contributed by atoms with E-state index < -0.39 is 0 Å². The Hall–Kier alpha value is -1.39. The number of likely N-dealkylation sites (N-methyl/N-ethyl adjacent to an activating group) is 1.